The smallest absolute Gasteiger partial charge is 0.308 e. The van der Waals surface area contributed by atoms with Crippen LogP contribution in [0.25, 0.3) is 0 Å². The van der Waals surface area contributed by atoms with E-state index in [0.29, 0.717) is 19.6 Å². The molecule has 2 atom stereocenters. The number of benzene rings is 1. The summed E-state index contributed by atoms with van der Waals surface area (Å²) in [5.41, 5.74) is 1.20. The first-order valence-corrected chi connectivity index (χ1v) is 9.78. The molecule has 0 bridgehead atoms. The van der Waals surface area contributed by atoms with E-state index in [-0.39, 0.29) is 11.7 Å². The third-order valence-electron chi connectivity index (χ3n) is 3.88. The van der Waals surface area contributed by atoms with E-state index in [1.807, 2.05) is 37.3 Å². The van der Waals surface area contributed by atoms with Crippen molar-refractivity contribution in [3.8, 4) is 0 Å². The van der Waals surface area contributed by atoms with Gasteiger partial charge in [-0.25, -0.2) is 0 Å². The van der Waals surface area contributed by atoms with Crippen molar-refractivity contribution >= 4 is 13.4 Å². The minimum absolute atomic E-state index is 0.0826. The van der Waals surface area contributed by atoms with Crippen LogP contribution in [0.4, 0.5) is 0 Å². The number of carbonyl (C=O) groups is 1. The predicted octanol–water partition coefficient (Wildman–Crippen LogP) is 4.92. The average Bonchev–Trinajstić information content (AvgIpc) is 2.48. The second-order valence-electron chi connectivity index (χ2n) is 5.89. The maximum atomic E-state index is 13.4. The molecular weight excluding hydrogens is 311 g/mol. The van der Waals surface area contributed by atoms with Crippen molar-refractivity contribution in [1.82, 2.24) is 0 Å². The Morgan fingerprint density at radius 1 is 1.13 bits per heavy atom. The zero-order valence-electron chi connectivity index (χ0n) is 14.0. The van der Waals surface area contributed by atoms with Gasteiger partial charge in [0.25, 0.3) is 0 Å². The van der Waals surface area contributed by atoms with Gasteiger partial charge in [-0.3, -0.25) is 9.36 Å². The minimum Gasteiger partial charge on any atom is -0.308 e. The molecule has 1 aliphatic rings. The van der Waals surface area contributed by atoms with Gasteiger partial charge in [-0.2, -0.15) is 0 Å². The van der Waals surface area contributed by atoms with E-state index < -0.39 is 13.3 Å². The summed E-state index contributed by atoms with van der Waals surface area (Å²) in [6.45, 7) is 6.25. The number of hydrogen-bond acceptors (Lipinski definition) is 4. The summed E-state index contributed by atoms with van der Waals surface area (Å²) in [6.07, 6.45) is 2.91. The van der Waals surface area contributed by atoms with Crippen molar-refractivity contribution in [2.24, 2.45) is 5.92 Å². The van der Waals surface area contributed by atoms with E-state index in [9.17, 15) is 9.36 Å². The minimum atomic E-state index is -3.39. The van der Waals surface area contributed by atoms with Crippen LogP contribution in [0.15, 0.2) is 42.0 Å². The summed E-state index contributed by atoms with van der Waals surface area (Å²) in [6, 6.07) is 9.55. The summed E-state index contributed by atoms with van der Waals surface area (Å²) in [7, 11) is -3.39. The molecule has 1 aliphatic carbocycles. The molecular formula is C18H25O4P. The van der Waals surface area contributed by atoms with Gasteiger partial charge in [0.2, 0.25) is 0 Å². The van der Waals surface area contributed by atoms with Crippen LogP contribution >= 0.6 is 7.60 Å². The van der Waals surface area contributed by atoms with Crippen molar-refractivity contribution in [3.63, 3.8) is 0 Å². The van der Waals surface area contributed by atoms with Gasteiger partial charge in [-0.1, -0.05) is 37.3 Å². The summed E-state index contributed by atoms with van der Waals surface area (Å²) in [5, 5.41) is 0. The van der Waals surface area contributed by atoms with Crippen molar-refractivity contribution in [3.05, 3.63) is 47.5 Å². The lowest BCUT2D eigenvalue weighted by Gasteiger charge is -2.31. The Bertz CT molecular complexity index is 599. The van der Waals surface area contributed by atoms with Gasteiger partial charge in [-0.05, 0) is 43.4 Å². The van der Waals surface area contributed by atoms with Gasteiger partial charge in [0.1, 0.15) is 5.66 Å². The second-order valence-corrected chi connectivity index (χ2v) is 8.00. The number of ketones is 1. The van der Waals surface area contributed by atoms with Gasteiger partial charge in [0.05, 0.1) is 13.2 Å². The molecule has 0 saturated heterocycles. The molecule has 0 aliphatic heterocycles. The lowest BCUT2D eigenvalue weighted by Crippen LogP contribution is -2.17. The molecule has 5 heteroatoms. The summed E-state index contributed by atoms with van der Waals surface area (Å²) in [5.74, 6) is 0.324. The lowest BCUT2D eigenvalue weighted by atomic mass is 9.86. The monoisotopic (exact) mass is 336 g/mol. The standard InChI is InChI=1S/C18H25O4P/c1-4-21-23(20,22-5-2)18(15-9-7-6-8-10-15)16-11-14(3)12-17(19)13-16/h6-10,13-14,18H,4-5,11-12H2,1-3H3. The Labute approximate surface area is 138 Å². The molecule has 23 heavy (non-hydrogen) atoms. The first-order valence-electron chi connectivity index (χ1n) is 8.17. The zero-order valence-corrected chi connectivity index (χ0v) is 14.9. The van der Waals surface area contributed by atoms with Crippen molar-refractivity contribution in [2.75, 3.05) is 13.2 Å². The van der Waals surface area contributed by atoms with E-state index in [0.717, 1.165) is 17.6 Å². The third kappa shape index (κ3) is 4.41. The molecule has 2 rings (SSSR count). The Morgan fingerprint density at radius 2 is 1.74 bits per heavy atom. The van der Waals surface area contributed by atoms with Gasteiger partial charge in [0, 0.05) is 6.42 Å². The first kappa shape index (κ1) is 18.1. The number of carbonyl (C=O) groups excluding carboxylic acids is 1. The highest BCUT2D eigenvalue weighted by atomic mass is 31.2. The van der Waals surface area contributed by atoms with Crippen molar-refractivity contribution < 1.29 is 18.4 Å². The van der Waals surface area contributed by atoms with Crippen LogP contribution in [0.5, 0.6) is 0 Å². The molecule has 1 aromatic rings. The topological polar surface area (TPSA) is 52.6 Å². The molecule has 126 valence electrons. The molecule has 2 unspecified atom stereocenters. The Balaban J connectivity index is 2.52. The van der Waals surface area contributed by atoms with Gasteiger partial charge in [-0.15, -0.1) is 0 Å². The van der Waals surface area contributed by atoms with E-state index in [1.165, 1.54) is 0 Å². The third-order valence-corrected chi connectivity index (χ3v) is 6.38. The Kier molecular flexibility index (Phi) is 6.34. The maximum absolute atomic E-state index is 13.4. The van der Waals surface area contributed by atoms with E-state index in [1.54, 1.807) is 19.9 Å². The number of hydrogen-bond donors (Lipinski definition) is 0. The SMILES string of the molecule is CCOP(=O)(OCC)C(C1=CC(=O)CC(C)C1)c1ccccc1. The predicted molar refractivity (Wildman–Crippen MR) is 91.5 cm³/mol. The highest BCUT2D eigenvalue weighted by molar-refractivity contribution is 7.54. The molecule has 0 radical (unpaired) electrons. The molecule has 0 aromatic heterocycles. The molecule has 1 aromatic carbocycles. The van der Waals surface area contributed by atoms with E-state index in [2.05, 4.69) is 0 Å². The van der Waals surface area contributed by atoms with Crippen LogP contribution in [0.3, 0.4) is 0 Å². The molecule has 0 spiro atoms. The summed E-state index contributed by atoms with van der Waals surface area (Å²) >= 11 is 0. The van der Waals surface area contributed by atoms with Crippen LogP contribution in [0.1, 0.15) is 44.8 Å². The fourth-order valence-electron chi connectivity index (χ4n) is 3.11. The van der Waals surface area contributed by atoms with Crippen LogP contribution in [0, 0.1) is 5.92 Å². The quantitative estimate of drug-likeness (QED) is 0.663. The number of rotatable bonds is 7. The Hall–Kier alpha value is -1.22. The fraction of sp³-hybridized carbons (Fsp3) is 0.500. The summed E-state index contributed by atoms with van der Waals surface area (Å²) < 4.78 is 24.6. The van der Waals surface area contributed by atoms with Crippen LogP contribution in [-0.2, 0) is 18.4 Å². The number of allylic oxidation sites excluding steroid dienone is 2. The molecule has 0 amide bonds. The largest absolute Gasteiger partial charge is 0.342 e. The fourth-order valence-corrected chi connectivity index (χ4v) is 5.33. The molecule has 0 N–H and O–H groups in total. The van der Waals surface area contributed by atoms with Crippen molar-refractivity contribution in [1.29, 1.82) is 0 Å². The van der Waals surface area contributed by atoms with Gasteiger partial charge < -0.3 is 9.05 Å². The van der Waals surface area contributed by atoms with Crippen LogP contribution in [0.2, 0.25) is 0 Å². The van der Waals surface area contributed by atoms with E-state index in [4.69, 9.17) is 9.05 Å². The highest BCUT2D eigenvalue weighted by Gasteiger charge is 2.40. The molecule has 0 saturated carbocycles. The normalized spacial score (nSPS) is 20.2. The summed E-state index contributed by atoms with van der Waals surface area (Å²) in [4.78, 5) is 12.0. The lowest BCUT2D eigenvalue weighted by molar-refractivity contribution is -0.115. The highest BCUT2D eigenvalue weighted by Crippen LogP contribution is 2.64. The molecule has 0 fully saturated rings. The maximum Gasteiger partial charge on any atom is 0.342 e. The Morgan fingerprint density at radius 3 is 2.26 bits per heavy atom. The van der Waals surface area contributed by atoms with Crippen LogP contribution < -0.4 is 0 Å². The van der Waals surface area contributed by atoms with Gasteiger partial charge in [0.15, 0.2) is 5.78 Å². The molecule has 0 heterocycles. The zero-order chi connectivity index (χ0) is 16.9. The van der Waals surface area contributed by atoms with Crippen molar-refractivity contribution in [2.45, 2.75) is 39.3 Å². The first-order chi connectivity index (χ1) is 11.0. The van der Waals surface area contributed by atoms with Crippen LogP contribution in [-0.4, -0.2) is 19.0 Å². The van der Waals surface area contributed by atoms with Gasteiger partial charge >= 0.3 is 7.60 Å². The average molecular weight is 336 g/mol. The second kappa shape index (κ2) is 8.05. The molecule has 4 nitrogen and oxygen atoms in total. The van der Waals surface area contributed by atoms with E-state index >= 15 is 0 Å².